The van der Waals surface area contributed by atoms with Crippen LogP contribution in [0.25, 0.3) is 0 Å². The molecule has 0 rings (SSSR count). The zero-order valence-corrected chi connectivity index (χ0v) is 12.6. The van der Waals surface area contributed by atoms with Crippen molar-refractivity contribution in [1.29, 1.82) is 0 Å². The largest absolute Gasteiger partial charge is 0.306 e. The zero-order valence-electron chi connectivity index (χ0n) is 12.6. The van der Waals surface area contributed by atoms with Crippen LogP contribution in [0, 0.1) is 17.3 Å². The highest BCUT2D eigenvalue weighted by Crippen LogP contribution is 2.32. The van der Waals surface area contributed by atoms with Gasteiger partial charge in [0, 0.05) is 13.1 Å². The molecule has 1 heteroatoms. The molecule has 0 aromatic carbocycles. The van der Waals surface area contributed by atoms with Gasteiger partial charge >= 0.3 is 0 Å². The number of hydrogen-bond acceptors (Lipinski definition) is 1. The minimum Gasteiger partial charge on any atom is -0.306 e. The lowest BCUT2D eigenvalue weighted by Gasteiger charge is -2.35. The summed E-state index contributed by atoms with van der Waals surface area (Å²) in [5.74, 6) is 1.55. The molecule has 1 atom stereocenters. The van der Waals surface area contributed by atoms with E-state index in [0.717, 1.165) is 11.8 Å². The van der Waals surface area contributed by atoms with Crippen LogP contribution in [0.2, 0.25) is 0 Å². The quantitative estimate of drug-likeness (QED) is 0.593. The highest BCUT2D eigenvalue weighted by Gasteiger charge is 2.25. The fourth-order valence-electron chi connectivity index (χ4n) is 2.29. The van der Waals surface area contributed by atoms with Crippen LogP contribution in [0.5, 0.6) is 0 Å². The fourth-order valence-corrected chi connectivity index (χ4v) is 2.29. The molecule has 0 radical (unpaired) electrons. The average molecular weight is 227 g/mol. The van der Waals surface area contributed by atoms with Crippen LogP contribution >= 0.6 is 0 Å². The molecular weight excluding hydrogens is 194 g/mol. The molecular formula is C15H33N. The minimum atomic E-state index is 0.487. The lowest BCUT2D eigenvalue weighted by atomic mass is 9.76. The van der Waals surface area contributed by atoms with E-state index in [1.807, 2.05) is 0 Å². The average Bonchev–Trinajstić information content (AvgIpc) is 2.13. The van der Waals surface area contributed by atoms with Crippen molar-refractivity contribution in [3.05, 3.63) is 0 Å². The molecule has 0 fully saturated rings. The summed E-state index contributed by atoms with van der Waals surface area (Å²) in [6, 6.07) is 0. The Kier molecular flexibility index (Phi) is 7.30. The maximum Gasteiger partial charge on any atom is 0.000918 e. The molecule has 0 aromatic rings. The number of nitrogens with zero attached hydrogens (tertiary/aromatic N) is 1. The first-order valence-electron chi connectivity index (χ1n) is 6.98. The Labute approximate surface area is 104 Å². The Morgan fingerprint density at radius 1 is 1.06 bits per heavy atom. The molecule has 0 aromatic heterocycles. The van der Waals surface area contributed by atoms with Gasteiger partial charge in [-0.25, -0.2) is 0 Å². The molecule has 0 aliphatic carbocycles. The highest BCUT2D eigenvalue weighted by molar-refractivity contribution is 4.77. The van der Waals surface area contributed by atoms with Gasteiger partial charge in [0.05, 0.1) is 0 Å². The van der Waals surface area contributed by atoms with Crippen LogP contribution in [0.1, 0.15) is 60.8 Å². The van der Waals surface area contributed by atoms with Crippen LogP contribution in [-0.2, 0) is 0 Å². The second kappa shape index (κ2) is 7.32. The molecule has 0 bridgehead atoms. The first-order chi connectivity index (χ1) is 7.29. The molecule has 1 nitrogen and oxygen atoms in total. The van der Waals surface area contributed by atoms with Crippen molar-refractivity contribution in [3.63, 3.8) is 0 Å². The molecule has 0 saturated carbocycles. The molecule has 16 heavy (non-hydrogen) atoms. The van der Waals surface area contributed by atoms with Crippen molar-refractivity contribution in [2.75, 3.05) is 20.1 Å². The predicted molar refractivity (Wildman–Crippen MR) is 74.8 cm³/mol. The number of unbranched alkanes of at least 4 members (excludes halogenated alkanes) is 1. The molecule has 0 aliphatic heterocycles. The Morgan fingerprint density at radius 3 is 2.06 bits per heavy atom. The van der Waals surface area contributed by atoms with Gasteiger partial charge in [0.15, 0.2) is 0 Å². The Morgan fingerprint density at radius 2 is 1.62 bits per heavy atom. The SMILES string of the molecule is CCCCC(C)(C)C(C)CN(C)CC(C)C. The van der Waals surface area contributed by atoms with Crippen LogP contribution in [0.3, 0.4) is 0 Å². The molecule has 0 heterocycles. The van der Waals surface area contributed by atoms with Crippen molar-refractivity contribution in [1.82, 2.24) is 4.90 Å². The molecule has 0 amide bonds. The third kappa shape index (κ3) is 6.52. The van der Waals surface area contributed by atoms with E-state index in [0.29, 0.717) is 5.41 Å². The van der Waals surface area contributed by atoms with Crippen molar-refractivity contribution >= 4 is 0 Å². The van der Waals surface area contributed by atoms with E-state index in [4.69, 9.17) is 0 Å². The van der Waals surface area contributed by atoms with Gasteiger partial charge in [0.25, 0.3) is 0 Å². The normalized spacial score (nSPS) is 14.8. The first kappa shape index (κ1) is 16.0. The lowest BCUT2D eigenvalue weighted by molar-refractivity contribution is 0.145. The Hall–Kier alpha value is -0.0400. The summed E-state index contributed by atoms with van der Waals surface area (Å²) >= 11 is 0. The van der Waals surface area contributed by atoms with Crippen LogP contribution in [0.4, 0.5) is 0 Å². The van der Waals surface area contributed by atoms with Crippen molar-refractivity contribution in [3.8, 4) is 0 Å². The summed E-state index contributed by atoms with van der Waals surface area (Å²) in [6.45, 7) is 16.6. The lowest BCUT2D eigenvalue weighted by Crippen LogP contribution is -2.34. The van der Waals surface area contributed by atoms with E-state index in [9.17, 15) is 0 Å². The standard InChI is InChI=1S/C15H33N/c1-8-9-10-15(5,6)14(4)12-16(7)11-13(2)3/h13-14H,8-12H2,1-7H3. The predicted octanol–water partition coefficient (Wildman–Crippen LogP) is 4.43. The van der Waals surface area contributed by atoms with Crippen LogP contribution < -0.4 is 0 Å². The van der Waals surface area contributed by atoms with Gasteiger partial charge in [-0.15, -0.1) is 0 Å². The van der Waals surface area contributed by atoms with Crippen LogP contribution in [0.15, 0.2) is 0 Å². The molecule has 0 N–H and O–H groups in total. The number of rotatable bonds is 8. The summed E-state index contributed by atoms with van der Waals surface area (Å²) in [5.41, 5.74) is 0.487. The first-order valence-corrected chi connectivity index (χ1v) is 6.98. The van der Waals surface area contributed by atoms with E-state index >= 15 is 0 Å². The van der Waals surface area contributed by atoms with Crippen LogP contribution in [-0.4, -0.2) is 25.0 Å². The van der Waals surface area contributed by atoms with E-state index in [1.165, 1.54) is 32.4 Å². The van der Waals surface area contributed by atoms with Crippen molar-refractivity contribution in [2.24, 2.45) is 17.3 Å². The molecule has 1 unspecified atom stereocenters. The van der Waals surface area contributed by atoms with Gasteiger partial charge in [-0.2, -0.15) is 0 Å². The smallest absolute Gasteiger partial charge is 0.000918 e. The molecule has 0 saturated heterocycles. The summed E-state index contributed by atoms with van der Waals surface area (Å²) in [5, 5.41) is 0. The summed E-state index contributed by atoms with van der Waals surface area (Å²) in [6.07, 6.45) is 4.05. The van der Waals surface area contributed by atoms with E-state index in [1.54, 1.807) is 0 Å². The van der Waals surface area contributed by atoms with E-state index in [2.05, 4.69) is 53.5 Å². The molecule has 98 valence electrons. The minimum absolute atomic E-state index is 0.487. The second-order valence-electron chi connectivity index (χ2n) is 6.61. The van der Waals surface area contributed by atoms with Gasteiger partial charge in [-0.05, 0) is 30.7 Å². The third-order valence-corrected chi connectivity index (χ3v) is 3.77. The maximum atomic E-state index is 2.49. The third-order valence-electron chi connectivity index (χ3n) is 3.77. The van der Waals surface area contributed by atoms with Gasteiger partial charge in [0.2, 0.25) is 0 Å². The summed E-state index contributed by atoms with van der Waals surface area (Å²) in [7, 11) is 2.26. The summed E-state index contributed by atoms with van der Waals surface area (Å²) in [4.78, 5) is 2.49. The molecule has 0 spiro atoms. The van der Waals surface area contributed by atoms with Gasteiger partial charge in [0.1, 0.15) is 0 Å². The Balaban J connectivity index is 4.06. The van der Waals surface area contributed by atoms with Crippen molar-refractivity contribution in [2.45, 2.75) is 60.8 Å². The fraction of sp³-hybridized carbons (Fsp3) is 1.00. The molecule has 0 aliphatic rings. The van der Waals surface area contributed by atoms with Crippen molar-refractivity contribution < 1.29 is 0 Å². The topological polar surface area (TPSA) is 3.24 Å². The monoisotopic (exact) mass is 227 g/mol. The van der Waals surface area contributed by atoms with E-state index < -0.39 is 0 Å². The van der Waals surface area contributed by atoms with Gasteiger partial charge in [-0.1, -0.05) is 54.4 Å². The summed E-state index contributed by atoms with van der Waals surface area (Å²) < 4.78 is 0. The van der Waals surface area contributed by atoms with E-state index in [-0.39, 0.29) is 0 Å². The second-order valence-corrected chi connectivity index (χ2v) is 6.61. The highest BCUT2D eigenvalue weighted by atomic mass is 15.1. The maximum absolute atomic E-state index is 2.49. The number of hydrogen-bond donors (Lipinski definition) is 0. The van der Waals surface area contributed by atoms with Gasteiger partial charge in [-0.3, -0.25) is 0 Å². The van der Waals surface area contributed by atoms with Gasteiger partial charge < -0.3 is 4.90 Å². The Bertz CT molecular complexity index is 172. The zero-order chi connectivity index (χ0) is 12.8.